The topological polar surface area (TPSA) is 70.6 Å². The Morgan fingerprint density at radius 2 is 1.86 bits per heavy atom. The third-order valence-electron chi connectivity index (χ3n) is 3.45. The van der Waals surface area contributed by atoms with E-state index < -0.39 is 0 Å². The number of nitrogens with one attached hydrogen (secondary N) is 2. The van der Waals surface area contributed by atoms with Gasteiger partial charge in [0.2, 0.25) is 0 Å². The fourth-order valence-electron chi connectivity index (χ4n) is 1.71. The molecular weight excluding hydrogens is 268 g/mol. The van der Waals surface area contributed by atoms with Crippen LogP contribution in [0.2, 0.25) is 0 Å². The highest BCUT2D eigenvalue weighted by molar-refractivity contribution is 5.74. The number of carbonyl (C=O) groups excluding carboxylic acids is 1. The van der Waals surface area contributed by atoms with E-state index in [0.29, 0.717) is 19.8 Å². The molecule has 0 aliphatic rings. The van der Waals surface area contributed by atoms with Crippen LogP contribution in [-0.2, 0) is 17.9 Å². The van der Waals surface area contributed by atoms with Gasteiger partial charge in [0.05, 0.1) is 6.61 Å². The largest absolute Gasteiger partial charge is 0.396 e. The molecule has 0 radical (unpaired) electrons. The molecule has 5 nitrogen and oxygen atoms in total. The lowest BCUT2D eigenvalue weighted by Crippen LogP contribution is -2.43. The Balaban J connectivity index is 2.35. The monoisotopic (exact) mass is 294 g/mol. The number of ether oxygens (including phenoxy) is 1. The first-order chi connectivity index (χ1) is 10.1. The molecule has 0 fully saturated rings. The minimum Gasteiger partial charge on any atom is -0.396 e. The van der Waals surface area contributed by atoms with Gasteiger partial charge >= 0.3 is 6.03 Å². The van der Waals surface area contributed by atoms with Crippen molar-refractivity contribution in [2.75, 3.05) is 13.2 Å². The summed E-state index contributed by atoms with van der Waals surface area (Å²) in [5, 5.41) is 14.7. The minimum absolute atomic E-state index is 0.0357. The Labute approximate surface area is 126 Å². The van der Waals surface area contributed by atoms with Crippen LogP contribution in [0.3, 0.4) is 0 Å². The first-order valence-electron chi connectivity index (χ1n) is 7.37. The third-order valence-corrected chi connectivity index (χ3v) is 3.45. The van der Waals surface area contributed by atoms with Crippen LogP contribution in [0.4, 0.5) is 4.79 Å². The smallest absolute Gasteiger partial charge is 0.315 e. The summed E-state index contributed by atoms with van der Waals surface area (Å²) >= 11 is 0. The van der Waals surface area contributed by atoms with Gasteiger partial charge in [0.15, 0.2) is 0 Å². The predicted molar refractivity (Wildman–Crippen MR) is 82.9 cm³/mol. The van der Waals surface area contributed by atoms with Gasteiger partial charge in [0.1, 0.15) is 0 Å². The number of carbonyl (C=O) groups is 1. The minimum atomic E-state index is -0.221. The molecule has 1 rings (SSSR count). The molecule has 1 aromatic carbocycles. The summed E-state index contributed by atoms with van der Waals surface area (Å²) in [6.45, 7) is 7.58. The molecule has 2 unspecified atom stereocenters. The number of rotatable bonds is 8. The molecule has 0 aromatic heterocycles. The van der Waals surface area contributed by atoms with Crippen LogP contribution in [0.1, 0.15) is 31.9 Å². The fourth-order valence-corrected chi connectivity index (χ4v) is 1.71. The Morgan fingerprint density at radius 1 is 1.24 bits per heavy atom. The summed E-state index contributed by atoms with van der Waals surface area (Å²) in [6.07, 6.45) is 0. The lowest BCUT2D eigenvalue weighted by Gasteiger charge is -2.19. The summed E-state index contributed by atoms with van der Waals surface area (Å²) in [4.78, 5) is 11.7. The van der Waals surface area contributed by atoms with Crippen molar-refractivity contribution in [1.82, 2.24) is 10.6 Å². The summed E-state index contributed by atoms with van der Waals surface area (Å²) in [5.41, 5.74) is 2.16. The maximum Gasteiger partial charge on any atom is 0.315 e. The summed E-state index contributed by atoms with van der Waals surface area (Å²) in [5.74, 6) is 0.0357. The van der Waals surface area contributed by atoms with E-state index in [1.165, 1.54) is 0 Å². The molecule has 0 aliphatic heterocycles. The molecule has 0 aliphatic carbocycles. The lowest BCUT2D eigenvalue weighted by atomic mass is 10.1. The Kier molecular flexibility index (Phi) is 7.79. The second kappa shape index (κ2) is 9.37. The molecule has 2 amide bonds. The zero-order chi connectivity index (χ0) is 15.7. The zero-order valence-corrected chi connectivity index (χ0v) is 13.1. The number of hydrogen-bond donors (Lipinski definition) is 3. The highest BCUT2D eigenvalue weighted by atomic mass is 16.5. The van der Waals surface area contributed by atoms with E-state index in [2.05, 4.69) is 10.6 Å². The highest BCUT2D eigenvalue weighted by Gasteiger charge is 2.13. The number of hydrogen-bond acceptors (Lipinski definition) is 3. The standard InChI is InChI=1S/C16H26N2O3/c1-4-21-11-15-7-5-14(6-8-15)9-17-16(20)18-13(3)12(2)10-19/h5-8,12-13,19H,4,9-11H2,1-3H3,(H2,17,18,20). The van der Waals surface area contributed by atoms with Crippen molar-refractivity contribution >= 4 is 6.03 Å². The summed E-state index contributed by atoms with van der Waals surface area (Å²) in [6, 6.07) is 7.68. The molecule has 21 heavy (non-hydrogen) atoms. The van der Waals surface area contributed by atoms with E-state index in [1.54, 1.807) is 0 Å². The SMILES string of the molecule is CCOCc1ccc(CNC(=O)NC(C)C(C)CO)cc1. The molecule has 118 valence electrons. The van der Waals surface area contributed by atoms with Crippen LogP contribution in [0, 0.1) is 5.92 Å². The molecule has 0 heterocycles. The third kappa shape index (κ3) is 6.60. The fraction of sp³-hybridized carbons (Fsp3) is 0.562. The first kappa shape index (κ1) is 17.5. The molecule has 2 atom stereocenters. The molecule has 5 heteroatoms. The van der Waals surface area contributed by atoms with Crippen molar-refractivity contribution in [2.24, 2.45) is 5.92 Å². The van der Waals surface area contributed by atoms with E-state index in [1.807, 2.05) is 45.0 Å². The maximum atomic E-state index is 11.7. The van der Waals surface area contributed by atoms with E-state index in [9.17, 15) is 4.79 Å². The number of urea groups is 1. The van der Waals surface area contributed by atoms with Gasteiger partial charge in [-0.1, -0.05) is 31.2 Å². The number of aliphatic hydroxyl groups is 1. The van der Waals surface area contributed by atoms with Gasteiger partial charge in [0.25, 0.3) is 0 Å². The zero-order valence-electron chi connectivity index (χ0n) is 13.1. The van der Waals surface area contributed by atoms with Crippen molar-refractivity contribution < 1.29 is 14.6 Å². The molecule has 3 N–H and O–H groups in total. The van der Waals surface area contributed by atoms with Crippen LogP contribution < -0.4 is 10.6 Å². The maximum absolute atomic E-state index is 11.7. The van der Waals surface area contributed by atoms with E-state index >= 15 is 0 Å². The van der Waals surface area contributed by atoms with Crippen LogP contribution >= 0.6 is 0 Å². The van der Waals surface area contributed by atoms with E-state index in [4.69, 9.17) is 9.84 Å². The van der Waals surface area contributed by atoms with Gasteiger partial charge in [-0.2, -0.15) is 0 Å². The van der Waals surface area contributed by atoms with Gasteiger partial charge in [-0.3, -0.25) is 0 Å². The normalized spacial score (nSPS) is 13.5. The molecule has 0 saturated carbocycles. The van der Waals surface area contributed by atoms with E-state index in [-0.39, 0.29) is 24.6 Å². The Hall–Kier alpha value is -1.59. The number of aliphatic hydroxyl groups excluding tert-OH is 1. The van der Waals surface area contributed by atoms with Gasteiger partial charge < -0.3 is 20.5 Å². The van der Waals surface area contributed by atoms with Crippen molar-refractivity contribution in [3.8, 4) is 0 Å². The average molecular weight is 294 g/mol. The molecule has 0 bridgehead atoms. The molecule has 0 saturated heterocycles. The van der Waals surface area contributed by atoms with Gasteiger partial charge in [-0.25, -0.2) is 4.79 Å². The molecular formula is C16H26N2O3. The quantitative estimate of drug-likeness (QED) is 0.687. The first-order valence-corrected chi connectivity index (χ1v) is 7.37. The van der Waals surface area contributed by atoms with Crippen LogP contribution in [0.5, 0.6) is 0 Å². The molecule has 1 aromatic rings. The predicted octanol–water partition coefficient (Wildman–Crippen LogP) is 2.04. The second-order valence-corrected chi connectivity index (χ2v) is 5.23. The van der Waals surface area contributed by atoms with Crippen molar-refractivity contribution in [2.45, 2.75) is 40.0 Å². The van der Waals surface area contributed by atoms with E-state index in [0.717, 1.165) is 11.1 Å². The van der Waals surface area contributed by atoms with Gasteiger partial charge in [-0.15, -0.1) is 0 Å². The van der Waals surface area contributed by atoms with Crippen LogP contribution in [0.25, 0.3) is 0 Å². The summed E-state index contributed by atoms with van der Waals surface area (Å²) in [7, 11) is 0. The second-order valence-electron chi connectivity index (χ2n) is 5.23. The number of benzene rings is 1. The summed E-state index contributed by atoms with van der Waals surface area (Å²) < 4.78 is 5.33. The molecule has 0 spiro atoms. The Morgan fingerprint density at radius 3 is 2.43 bits per heavy atom. The Bertz CT molecular complexity index is 420. The number of amides is 2. The van der Waals surface area contributed by atoms with Crippen LogP contribution in [0.15, 0.2) is 24.3 Å². The van der Waals surface area contributed by atoms with Gasteiger partial charge in [-0.05, 0) is 30.9 Å². The van der Waals surface area contributed by atoms with Crippen molar-refractivity contribution in [3.63, 3.8) is 0 Å². The van der Waals surface area contributed by atoms with Crippen LogP contribution in [-0.4, -0.2) is 30.4 Å². The lowest BCUT2D eigenvalue weighted by molar-refractivity contribution is 0.134. The van der Waals surface area contributed by atoms with Crippen molar-refractivity contribution in [1.29, 1.82) is 0 Å². The van der Waals surface area contributed by atoms with Crippen molar-refractivity contribution in [3.05, 3.63) is 35.4 Å². The van der Waals surface area contributed by atoms with Gasteiger partial charge in [0, 0.05) is 25.8 Å². The highest BCUT2D eigenvalue weighted by Crippen LogP contribution is 2.06. The average Bonchev–Trinajstić information content (AvgIpc) is 2.51.